The van der Waals surface area contributed by atoms with Crippen molar-refractivity contribution in [1.29, 1.82) is 5.26 Å². The maximum atomic E-state index is 10.4. The molecule has 4 aromatic rings. The maximum absolute atomic E-state index is 10.4. The molecule has 2 atom stereocenters. The molecule has 182 valence electrons. The van der Waals surface area contributed by atoms with E-state index in [1.54, 1.807) is 6.33 Å². The number of aliphatic hydroxyl groups is 1. The molecule has 1 unspecified atom stereocenters. The predicted molar refractivity (Wildman–Crippen MR) is 136 cm³/mol. The average molecular weight is 481 g/mol. The Morgan fingerprint density at radius 1 is 1.08 bits per heavy atom. The largest absolute Gasteiger partial charge is 0.486 e. The minimum atomic E-state index is -0.711. The van der Waals surface area contributed by atoms with Crippen molar-refractivity contribution in [2.45, 2.75) is 44.8 Å². The maximum Gasteiger partial charge on any atom is 0.159 e. The summed E-state index contributed by atoms with van der Waals surface area (Å²) in [6.07, 6.45) is 6.08. The van der Waals surface area contributed by atoms with Gasteiger partial charge < -0.3 is 14.7 Å². The van der Waals surface area contributed by atoms with Gasteiger partial charge in [0.2, 0.25) is 0 Å². The van der Waals surface area contributed by atoms with Crippen LogP contribution in [-0.4, -0.2) is 43.5 Å². The summed E-state index contributed by atoms with van der Waals surface area (Å²) in [7, 11) is 0. The molecule has 1 N–H and O–H groups in total. The molecular weight excluding hydrogens is 452 g/mol. The number of anilines is 1. The summed E-state index contributed by atoms with van der Waals surface area (Å²) < 4.78 is 8.22. The predicted octanol–water partition coefficient (Wildman–Crippen LogP) is 4.35. The Hall–Kier alpha value is -3.96. The molecule has 36 heavy (non-hydrogen) atoms. The molecule has 0 amide bonds. The zero-order valence-electron chi connectivity index (χ0n) is 20.4. The zero-order chi connectivity index (χ0) is 24.9. The third-order valence-electron chi connectivity index (χ3n) is 7.48. The molecular formula is C28H28N6O2. The van der Waals surface area contributed by atoms with Gasteiger partial charge in [-0.2, -0.15) is 10.4 Å². The van der Waals surface area contributed by atoms with Gasteiger partial charge in [-0.15, -0.1) is 0 Å². The quantitative estimate of drug-likeness (QED) is 0.453. The zero-order valence-corrected chi connectivity index (χ0v) is 20.4. The van der Waals surface area contributed by atoms with Crippen LogP contribution in [0.4, 0.5) is 5.82 Å². The van der Waals surface area contributed by atoms with Crippen LogP contribution >= 0.6 is 0 Å². The number of fused-ring (bicyclic) bond motifs is 2. The van der Waals surface area contributed by atoms with E-state index < -0.39 is 5.60 Å². The summed E-state index contributed by atoms with van der Waals surface area (Å²) in [5.41, 5.74) is 3.22. The molecule has 2 aromatic carbocycles. The summed E-state index contributed by atoms with van der Waals surface area (Å²) in [5.74, 6) is 2.50. The van der Waals surface area contributed by atoms with E-state index in [2.05, 4.69) is 26.0 Å². The van der Waals surface area contributed by atoms with Crippen molar-refractivity contribution >= 4 is 16.7 Å². The Balaban J connectivity index is 1.27. The first-order valence-electron chi connectivity index (χ1n) is 12.4. The molecule has 3 heterocycles. The molecule has 0 saturated carbocycles. The van der Waals surface area contributed by atoms with Crippen molar-refractivity contribution in [2.24, 2.45) is 5.92 Å². The highest BCUT2D eigenvalue weighted by molar-refractivity contribution is 5.81. The smallest absolute Gasteiger partial charge is 0.159 e. The lowest BCUT2D eigenvalue weighted by atomic mass is 9.90. The summed E-state index contributed by atoms with van der Waals surface area (Å²) in [6.45, 7) is 5.35. The van der Waals surface area contributed by atoms with Crippen LogP contribution in [0.15, 0.2) is 55.0 Å². The highest BCUT2D eigenvalue weighted by atomic mass is 16.5. The lowest BCUT2D eigenvalue weighted by Gasteiger charge is -2.25. The van der Waals surface area contributed by atoms with Crippen molar-refractivity contribution in [3.8, 4) is 17.6 Å². The van der Waals surface area contributed by atoms with E-state index in [1.807, 2.05) is 67.2 Å². The van der Waals surface area contributed by atoms with Crippen LogP contribution < -0.4 is 9.64 Å². The first-order valence-corrected chi connectivity index (χ1v) is 12.4. The second-order valence-corrected chi connectivity index (χ2v) is 10.3. The van der Waals surface area contributed by atoms with E-state index in [-0.39, 0.29) is 12.0 Å². The molecule has 1 fully saturated rings. The number of nitrogens with zero attached hydrogens (tertiary/aromatic N) is 6. The lowest BCUT2D eigenvalue weighted by Crippen LogP contribution is -2.33. The van der Waals surface area contributed by atoms with Gasteiger partial charge in [0.05, 0.1) is 28.9 Å². The molecule has 0 spiro atoms. The Morgan fingerprint density at radius 3 is 2.75 bits per heavy atom. The molecule has 2 aliphatic rings. The number of hydrogen-bond acceptors (Lipinski definition) is 7. The van der Waals surface area contributed by atoms with Crippen LogP contribution in [0.1, 0.15) is 49.5 Å². The highest BCUT2D eigenvalue weighted by Gasteiger charge is 2.34. The number of ether oxygens (including phenoxy) is 1. The normalized spacial score (nSPS) is 19.4. The standard InChI is InChI=1S/C28H28N6O2/c1-28(2,35)21-9-10-33(16-21)26-13-27(31-17-30-26)34-24-12-22(6-4-20(24)15-32-34)36-25-8-5-19-11-18(14-29)3-7-23(19)25/h3-4,6-7,11-13,15,17,21,25,35H,5,8-10,16H2,1-2H3/t21-,25?/m0/s1. The third-order valence-corrected chi connectivity index (χ3v) is 7.48. The SMILES string of the molecule is CC(C)(O)[C@H]1CCN(c2cc(-n3ncc4ccc(OC5CCc6cc(C#N)ccc65)cc43)ncn2)C1. The van der Waals surface area contributed by atoms with Crippen LogP contribution in [-0.2, 0) is 6.42 Å². The number of hydrogen-bond donors (Lipinski definition) is 1. The van der Waals surface area contributed by atoms with E-state index in [0.717, 1.165) is 60.4 Å². The Kier molecular flexibility index (Phi) is 5.38. The fraction of sp³-hybridized carbons (Fsp3) is 0.357. The van der Waals surface area contributed by atoms with Gasteiger partial charge >= 0.3 is 0 Å². The van der Waals surface area contributed by atoms with E-state index in [9.17, 15) is 10.4 Å². The highest BCUT2D eigenvalue weighted by Crippen LogP contribution is 2.36. The number of aryl methyl sites for hydroxylation is 1. The van der Waals surface area contributed by atoms with Gasteiger partial charge in [-0.3, -0.25) is 0 Å². The molecule has 8 heteroatoms. The van der Waals surface area contributed by atoms with Crippen LogP contribution in [0, 0.1) is 17.2 Å². The van der Waals surface area contributed by atoms with Crippen molar-refractivity contribution in [3.63, 3.8) is 0 Å². The van der Waals surface area contributed by atoms with Crippen LogP contribution in [0.2, 0.25) is 0 Å². The molecule has 1 saturated heterocycles. The Bertz CT molecular complexity index is 1480. The second kappa shape index (κ2) is 8.61. The van der Waals surface area contributed by atoms with Gasteiger partial charge in [0, 0.05) is 36.5 Å². The molecule has 1 aliphatic heterocycles. The van der Waals surface area contributed by atoms with Crippen LogP contribution in [0.25, 0.3) is 16.7 Å². The Morgan fingerprint density at radius 2 is 1.94 bits per heavy atom. The fourth-order valence-corrected chi connectivity index (χ4v) is 5.36. The molecule has 2 aromatic heterocycles. The van der Waals surface area contributed by atoms with E-state index in [0.29, 0.717) is 11.4 Å². The summed E-state index contributed by atoms with van der Waals surface area (Å²) >= 11 is 0. The minimum absolute atomic E-state index is 0.0360. The lowest BCUT2D eigenvalue weighted by molar-refractivity contribution is 0.0263. The molecule has 0 radical (unpaired) electrons. The molecule has 8 nitrogen and oxygen atoms in total. The van der Waals surface area contributed by atoms with E-state index >= 15 is 0 Å². The van der Waals surface area contributed by atoms with E-state index in [4.69, 9.17) is 4.74 Å². The number of nitriles is 1. The third kappa shape index (κ3) is 4.06. The van der Waals surface area contributed by atoms with Gasteiger partial charge in [0.15, 0.2) is 5.82 Å². The van der Waals surface area contributed by atoms with E-state index in [1.165, 1.54) is 5.56 Å². The van der Waals surface area contributed by atoms with Crippen molar-refractivity contribution in [2.75, 3.05) is 18.0 Å². The Labute approximate surface area is 209 Å². The first kappa shape index (κ1) is 22.5. The average Bonchev–Trinajstić information content (AvgIpc) is 3.62. The van der Waals surface area contributed by atoms with Crippen molar-refractivity contribution in [1.82, 2.24) is 19.7 Å². The summed E-state index contributed by atoms with van der Waals surface area (Å²) in [6, 6.07) is 16.0. The first-order chi connectivity index (χ1) is 17.4. The van der Waals surface area contributed by atoms with Crippen LogP contribution in [0.5, 0.6) is 5.75 Å². The molecule has 6 rings (SSSR count). The second-order valence-electron chi connectivity index (χ2n) is 10.3. The number of rotatable bonds is 5. The van der Waals surface area contributed by atoms with Crippen LogP contribution in [0.3, 0.4) is 0 Å². The molecule has 0 bridgehead atoms. The molecule has 1 aliphatic carbocycles. The fourth-order valence-electron chi connectivity index (χ4n) is 5.36. The number of aromatic nitrogens is 4. The van der Waals surface area contributed by atoms with Gasteiger partial charge in [-0.05, 0) is 68.5 Å². The van der Waals surface area contributed by atoms with Gasteiger partial charge in [-0.1, -0.05) is 6.07 Å². The summed E-state index contributed by atoms with van der Waals surface area (Å²) in [4.78, 5) is 11.2. The minimum Gasteiger partial charge on any atom is -0.486 e. The van der Waals surface area contributed by atoms with Crippen molar-refractivity contribution in [3.05, 3.63) is 71.7 Å². The topological polar surface area (TPSA) is 100 Å². The number of benzene rings is 2. The summed E-state index contributed by atoms with van der Waals surface area (Å²) in [5, 5.41) is 25.2. The van der Waals surface area contributed by atoms with Gasteiger partial charge in [0.25, 0.3) is 0 Å². The van der Waals surface area contributed by atoms with Gasteiger partial charge in [0.1, 0.15) is 24.0 Å². The van der Waals surface area contributed by atoms with Gasteiger partial charge in [-0.25, -0.2) is 14.6 Å². The monoisotopic (exact) mass is 480 g/mol. The van der Waals surface area contributed by atoms with Crippen molar-refractivity contribution < 1.29 is 9.84 Å².